The smallest absolute Gasteiger partial charge is 0.255 e. The van der Waals surface area contributed by atoms with Crippen molar-refractivity contribution >= 4 is 16.8 Å². The fourth-order valence-electron chi connectivity index (χ4n) is 4.35. The van der Waals surface area contributed by atoms with Crippen LogP contribution in [0.5, 0.6) is 0 Å². The normalized spacial score (nSPS) is 24.6. The Morgan fingerprint density at radius 1 is 1.17 bits per heavy atom. The molecule has 2 aliphatic heterocycles. The Kier molecular flexibility index (Phi) is 3.68. The van der Waals surface area contributed by atoms with Crippen molar-refractivity contribution in [3.05, 3.63) is 46.2 Å². The summed E-state index contributed by atoms with van der Waals surface area (Å²) in [5, 5.41) is 1.10. The molecular weight excluding hydrogens is 302 g/mol. The van der Waals surface area contributed by atoms with Gasteiger partial charge < -0.3 is 9.47 Å². The molecule has 2 aromatic rings. The number of aryl methyl sites for hydroxylation is 1. The van der Waals surface area contributed by atoms with Crippen LogP contribution in [0.1, 0.15) is 18.4 Å². The lowest BCUT2D eigenvalue weighted by atomic mass is 9.92. The number of benzene rings is 1. The quantitative estimate of drug-likeness (QED) is 0.842. The first-order valence-electron chi connectivity index (χ1n) is 8.60. The number of carbonyl (C=O) groups excluding carboxylic acids is 1. The van der Waals surface area contributed by atoms with Crippen LogP contribution in [0, 0.1) is 5.92 Å². The Morgan fingerprint density at radius 2 is 1.96 bits per heavy atom. The van der Waals surface area contributed by atoms with Crippen molar-refractivity contribution in [2.45, 2.75) is 25.4 Å². The molecule has 0 saturated carbocycles. The largest absolute Gasteiger partial charge is 0.342 e. The molecule has 1 amide bonds. The molecule has 3 heterocycles. The summed E-state index contributed by atoms with van der Waals surface area (Å²) in [6.07, 6.45) is 1.65. The van der Waals surface area contributed by atoms with Gasteiger partial charge in [0.1, 0.15) is 0 Å². The zero-order chi connectivity index (χ0) is 16.8. The summed E-state index contributed by atoms with van der Waals surface area (Å²) in [4.78, 5) is 28.8. The molecule has 2 aliphatic rings. The summed E-state index contributed by atoms with van der Waals surface area (Å²) in [6.45, 7) is 2.50. The van der Waals surface area contributed by atoms with Crippen molar-refractivity contribution in [3.63, 3.8) is 0 Å². The molecule has 0 aliphatic carbocycles. The van der Waals surface area contributed by atoms with Crippen molar-refractivity contribution in [1.29, 1.82) is 0 Å². The van der Waals surface area contributed by atoms with Gasteiger partial charge in [-0.25, -0.2) is 0 Å². The van der Waals surface area contributed by atoms with Gasteiger partial charge in [0.2, 0.25) is 5.91 Å². The van der Waals surface area contributed by atoms with Crippen LogP contribution in [0.15, 0.2) is 35.1 Å². The van der Waals surface area contributed by atoms with Crippen LogP contribution in [-0.4, -0.2) is 46.5 Å². The molecule has 0 bridgehead atoms. The number of fused-ring (bicyclic) bond motifs is 2. The number of carbonyl (C=O) groups is 1. The Labute approximate surface area is 141 Å². The molecule has 4 rings (SSSR count). The van der Waals surface area contributed by atoms with E-state index in [1.807, 2.05) is 43.3 Å². The maximum absolute atomic E-state index is 12.7. The molecule has 0 unspecified atom stereocenters. The van der Waals surface area contributed by atoms with E-state index in [4.69, 9.17) is 0 Å². The average Bonchev–Trinajstić information content (AvgIpc) is 2.86. The number of piperidine rings is 1. The summed E-state index contributed by atoms with van der Waals surface area (Å²) < 4.78 is 1.74. The molecule has 1 aromatic heterocycles. The lowest BCUT2D eigenvalue weighted by Gasteiger charge is -2.36. The van der Waals surface area contributed by atoms with Gasteiger partial charge in [0.15, 0.2) is 0 Å². The minimum absolute atomic E-state index is 0.0791. The Balaban J connectivity index is 1.58. The van der Waals surface area contributed by atoms with E-state index in [9.17, 15) is 9.59 Å². The van der Waals surface area contributed by atoms with Crippen LogP contribution in [-0.2, 0) is 18.4 Å². The van der Waals surface area contributed by atoms with Crippen LogP contribution < -0.4 is 5.56 Å². The van der Waals surface area contributed by atoms with Gasteiger partial charge in [0, 0.05) is 57.7 Å². The predicted molar refractivity (Wildman–Crippen MR) is 93.7 cm³/mol. The summed E-state index contributed by atoms with van der Waals surface area (Å²) in [5.41, 5.74) is 1.88. The van der Waals surface area contributed by atoms with Crippen LogP contribution >= 0.6 is 0 Å². The van der Waals surface area contributed by atoms with E-state index in [1.165, 1.54) is 0 Å². The van der Waals surface area contributed by atoms with Crippen LogP contribution in [0.4, 0.5) is 0 Å². The second kappa shape index (κ2) is 5.74. The fourth-order valence-corrected chi connectivity index (χ4v) is 4.35. The Hall–Kier alpha value is -2.14. The number of hydrogen-bond donors (Lipinski definition) is 0. The first kappa shape index (κ1) is 15.4. The number of pyridine rings is 1. The van der Waals surface area contributed by atoms with E-state index in [0.717, 1.165) is 36.0 Å². The van der Waals surface area contributed by atoms with Gasteiger partial charge in [0.25, 0.3) is 5.56 Å². The third-order valence-corrected chi connectivity index (χ3v) is 5.71. The second-order valence-electron chi connectivity index (χ2n) is 7.15. The molecule has 2 atom stereocenters. The van der Waals surface area contributed by atoms with Gasteiger partial charge in [-0.15, -0.1) is 0 Å². The molecule has 5 heteroatoms. The lowest BCUT2D eigenvalue weighted by molar-refractivity contribution is -0.127. The highest BCUT2D eigenvalue weighted by atomic mass is 16.2. The van der Waals surface area contributed by atoms with E-state index in [-0.39, 0.29) is 11.5 Å². The predicted octanol–water partition coefficient (Wildman–Crippen LogP) is 1.59. The van der Waals surface area contributed by atoms with Gasteiger partial charge in [-0.2, -0.15) is 0 Å². The highest BCUT2D eigenvalue weighted by Gasteiger charge is 2.40. The van der Waals surface area contributed by atoms with E-state index in [2.05, 4.69) is 11.0 Å². The van der Waals surface area contributed by atoms with Gasteiger partial charge >= 0.3 is 0 Å². The Morgan fingerprint density at radius 3 is 2.79 bits per heavy atom. The fraction of sp³-hybridized carbons (Fsp3) is 0.474. The zero-order valence-corrected chi connectivity index (χ0v) is 14.2. The summed E-state index contributed by atoms with van der Waals surface area (Å²) in [6, 6.07) is 10.4. The van der Waals surface area contributed by atoms with Crippen LogP contribution in [0.3, 0.4) is 0 Å². The SMILES string of the molecule is CN1C(=O)C[C@@H]2CN(Cc3cc4ccccc4n(C)c3=O)CC[C@@H]21. The van der Waals surface area contributed by atoms with Crippen LogP contribution in [0.2, 0.25) is 0 Å². The first-order chi connectivity index (χ1) is 11.5. The average molecular weight is 325 g/mol. The summed E-state index contributed by atoms with van der Waals surface area (Å²) >= 11 is 0. The molecule has 0 spiro atoms. The van der Waals surface area contributed by atoms with Gasteiger partial charge in [0.05, 0.1) is 5.52 Å². The second-order valence-corrected chi connectivity index (χ2v) is 7.15. The molecule has 0 radical (unpaired) electrons. The number of amides is 1. The Bertz CT molecular complexity index is 857. The van der Waals surface area contributed by atoms with Crippen molar-refractivity contribution in [3.8, 4) is 0 Å². The van der Waals surface area contributed by atoms with E-state index in [1.54, 1.807) is 4.57 Å². The molecule has 0 N–H and O–H groups in total. The highest BCUT2D eigenvalue weighted by molar-refractivity contribution is 5.80. The van der Waals surface area contributed by atoms with Crippen molar-refractivity contribution in [2.24, 2.45) is 13.0 Å². The highest BCUT2D eigenvalue weighted by Crippen LogP contribution is 2.31. The lowest BCUT2D eigenvalue weighted by Crippen LogP contribution is -2.45. The topological polar surface area (TPSA) is 45.6 Å². The monoisotopic (exact) mass is 325 g/mol. The maximum Gasteiger partial charge on any atom is 0.255 e. The summed E-state index contributed by atoms with van der Waals surface area (Å²) in [7, 11) is 3.76. The molecule has 2 saturated heterocycles. The molecule has 5 nitrogen and oxygen atoms in total. The van der Waals surface area contributed by atoms with Crippen molar-refractivity contribution in [2.75, 3.05) is 20.1 Å². The molecule has 24 heavy (non-hydrogen) atoms. The van der Waals surface area contributed by atoms with E-state index >= 15 is 0 Å². The number of nitrogens with zero attached hydrogens (tertiary/aromatic N) is 3. The minimum Gasteiger partial charge on any atom is -0.342 e. The third-order valence-electron chi connectivity index (χ3n) is 5.71. The van der Waals surface area contributed by atoms with Crippen LogP contribution in [0.25, 0.3) is 10.9 Å². The number of hydrogen-bond acceptors (Lipinski definition) is 3. The number of likely N-dealkylation sites (tertiary alicyclic amines) is 2. The van der Waals surface area contributed by atoms with Gasteiger partial charge in [-0.1, -0.05) is 18.2 Å². The van der Waals surface area contributed by atoms with E-state index in [0.29, 0.717) is 24.9 Å². The summed E-state index contributed by atoms with van der Waals surface area (Å²) in [5.74, 6) is 0.661. The number of rotatable bonds is 2. The maximum atomic E-state index is 12.7. The van der Waals surface area contributed by atoms with Gasteiger partial charge in [-0.05, 0) is 23.9 Å². The zero-order valence-electron chi connectivity index (χ0n) is 14.2. The molecule has 2 fully saturated rings. The number of aromatic nitrogens is 1. The molecular formula is C19H23N3O2. The van der Waals surface area contributed by atoms with E-state index < -0.39 is 0 Å². The molecule has 1 aromatic carbocycles. The minimum atomic E-state index is 0.0791. The first-order valence-corrected chi connectivity index (χ1v) is 8.60. The van der Waals surface area contributed by atoms with Gasteiger partial charge in [-0.3, -0.25) is 14.5 Å². The van der Waals surface area contributed by atoms with Crippen molar-refractivity contribution in [1.82, 2.24) is 14.4 Å². The molecule has 126 valence electrons. The van der Waals surface area contributed by atoms with Crippen molar-refractivity contribution < 1.29 is 4.79 Å². The standard InChI is InChI=1S/C19H23N3O2/c1-20-17-7-8-22(11-14(17)10-18(20)23)12-15-9-13-5-3-4-6-16(13)21(2)19(15)24/h3-6,9,14,17H,7-8,10-12H2,1-2H3/t14-,17+/m1/s1. The third kappa shape index (κ3) is 2.44. The number of para-hydroxylation sites is 1.